The van der Waals surface area contributed by atoms with Crippen LogP contribution in [0.15, 0.2) is 10.5 Å². The molecule has 0 saturated heterocycles. The summed E-state index contributed by atoms with van der Waals surface area (Å²) in [5.41, 5.74) is 0.242. The molecule has 1 heterocycles. The molecule has 0 saturated carbocycles. The van der Waals surface area contributed by atoms with E-state index in [1.165, 1.54) is 24.1 Å². The third kappa shape index (κ3) is 6.80. The van der Waals surface area contributed by atoms with Gasteiger partial charge < -0.3 is 5.32 Å². The maximum Gasteiger partial charge on any atom is 0.107 e. The topological polar surface area (TPSA) is 12.0 Å². The first-order chi connectivity index (χ1) is 7.88. The van der Waals surface area contributed by atoms with Gasteiger partial charge >= 0.3 is 0 Å². The highest BCUT2D eigenvalue weighted by Crippen LogP contribution is 2.32. The first kappa shape index (κ1) is 15.5. The quantitative estimate of drug-likeness (QED) is 0.697. The van der Waals surface area contributed by atoms with Crippen LogP contribution in [0.25, 0.3) is 0 Å². The molecule has 0 aliphatic carbocycles. The number of hydrogen-bond acceptors (Lipinski definition) is 2. The second-order valence-corrected chi connectivity index (χ2v) is 7.91. The monoisotopic (exact) mass is 337 g/mol. The molecular weight excluding hydrogens is 318 g/mol. The summed E-state index contributed by atoms with van der Waals surface area (Å²) < 4.78 is 1.91. The summed E-state index contributed by atoms with van der Waals surface area (Å²) in [4.78, 5) is 1.38. The summed E-state index contributed by atoms with van der Waals surface area (Å²) in [5.74, 6) is 0. The van der Waals surface area contributed by atoms with Gasteiger partial charge in [0.05, 0.1) is 0 Å². The van der Waals surface area contributed by atoms with E-state index >= 15 is 0 Å². The number of rotatable bonds is 6. The van der Waals surface area contributed by atoms with Crippen LogP contribution in [0, 0.1) is 0 Å². The zero-order valence-electron chi connectivity index (χ0n) is 10.8. The van der Waals surface area contributed by atoms with E-state index in [1.54, 1.807) is 11.3 Å². The molecule has 0 aliphatic rings. The molecule has 0 fully saturated rings. The van der Waals surface area contributed by atoms with Crippen molar-refractivity contribution in [3.8, 4) is 0 Å². The predicted octanol–water partition coefficient (Wildman–Crippen LogP) is 5.26. The molecule has 0 radical (unpaired) electrons. The maximum absolute atomic E-state index is 6.00. The van der Waals surface area contributed by atoms with Crippen molar-refractivity contribution < 1.29 is 0 Å². The van der Waals surface area contributed by atoms with Crippen molar-refractivity contribution in [1.82, 2.24) is 5.32 Å². The normalized spacial score (nSPS) is 12.1. The molecule has 0 aliphatic heterocycles. The number of halogens is 2. The first-order valence-electron chi connectivity index (χ1n) is 6.07. The van der Waals surface area contributed by atoms with Crippen LogP contribution in [0.5, 0.6) is 0 Å². The molecule has 1 N–H and O–H groups in total. The van der Waals surface area contributed by atoms with Gasteiger partial charge in [0.25, 0.3) is 0 Å². The molecule has 1 rings (SSSR count). The molecular formula is C13H21BrClNS. The lowest BCUT2D eigenvalue weighted by atomic mass is 10.1. The standard InChI is InChI=1S/C13H21BrClNS/c1-13(2,3)16-8-6-4-5-7-10-9-11(14)12(15)17-10/h9,16H,4-8H2,1-3H3. The molecule has 1 aromatic heterocycles. The molecule has 4 heteroatoms. The van der Waals surface area contributed by atoms with E-state index in [4.69, 9.17) is 11.6 Å². The third-order valence-electron chi connectivity index (χ3n) is 2.45. The van der Waals surface area contributed by atoms with Gasteiger partial charge in [0, 0.05) is 14.9 Å². The molecule has 1 nitrogen and oxygen atoms in total. The van der Waals surface area contributed by atoms with Gasteiger partial charge in [-0.25, -0.2) is 0 Å². The Balaban J connectivity index is 2.09. The van der Waals surface area contributed by atoms with Gasteiger partial charge in [-0.3, -0.25) is 0 Å². The number of aryl methyl sites for hydroxylation is 1. The van der Waals surface area contributed by atoms with E-state index in [1.807, 2.05) is 0 Å². The van der Waals surface area contributed by atoms with Crippen LogP contribution in [0.4, 0.5) is 0 Å². The van der Waals surface area contributed by atoms with Gasteiger partial charge in [-0.15, -0.1) is 11.3 Å². The Morgan fingerprint density at radius 1 is 1.29 bits per heavy atom. The Hall–Kier alpha value is 0.430. The minimum Gasteiger partial charge on any atom is -0.312 e. The largest absolute Gasteiger partial charge is 0.312 e. The van der Waals surface area contributed by atoms with Gasteiger partial charge in [0.15, 0.2) is 0 Å². The van der Waals surface area contributed by atoms with Crippen LogP contribution >= 0.6 is 38.9 Å². The summed E-state index contributed by atoms with van der Waals surface area (Å²) in [5, 5.41) is 3.51. The van der Waals surface area contributed by atoms with Crippen molar-refractivity contribution in [2.24, 2.45) is 0 Å². The third-order valence-corrected chi connectivity index (χ3v) is 4.99. The van der Waals surface area contributed by atoms with Crippen LogP contribution < -0.4 is 5.32 Å². The summed E-state index contributed by atoms with van der Waals surface area (Å²) in [6, 6.07) is 2.14. The van der Waals surface area contributed by atoms with Crippen LogP contribution in [-0.2, 0) is 6.42 Å². The Kier molecular flexibility index (Phi) is 6.49. The van der Waals surface area contributed by atoms with Crippen molar-refractivity contribution in [2.75, 3.05) is 6.54 Å². The number of nitrogens with one attached hydrogen (secondary N) is 1. The van der Waals surface area contributed by atoms with E-state index in [9.17, 15) is 0 Å². The minimum absolute atomic E-state index is 0.242. The molecule has 0 unspecified atom stereocenters. The van der Waals surface area contributed by atoms with Crippen LogP contribution in [0.1, 0.15) is 44.9 Å². The van der Waals surface area contributed by atoms with E-state index in [2.05, 4.69) is 48.1 Å². The van der Waals surface area contributed by atoms with Gasteiger partial charge in [-0.2, -0.15) is 0 Å². The number of unbranched alkanes of at least 4 members (excludes halogenated alkanes) is 2. The molecule has 0 spiro atoms. The van der Waals surface area contributed by atoms with E-state index < -0.39 is 0 Å². The van der Waals surface area contributed by atoms with Crippen molar-refractivity contribution in [3.05, 3.63) is 19.8 Å². The van der Waals surface area contributed by atoms with Gasteiger partial charge in [0.2, 0.25) is 0 Å². The van der Waals surface area contributed by atoms with Crippen molar-refractivity contribution >= 4 is 38.9 Å². The van der Waals surface area contributed by atoms with Gasteiger partial charge in [-0.05, 0) is 68.6 Å². The summed E-state index contributed by atoms with van der Waals surface area (Å²) in [6.07, 6.45) is 4.91. The summed E-state index contributed by atoms with van der Waals surface area (Å²) in [7, 11) is 0. The average molecular weight is 339 g/mol. The summed E-state index contributed by atoms with van der Waals surface area (Å²) in [6.45, 7) is 7.73. The van der Waals surface area contributed by atoms with E-state index in [0.29, 0.717) is 0 Å². The summed E-state index contributed by atoms with van der Waals surface area (Å²) >= 11 is 11.1. The van der Waals surface area contributed by atoms with E-state index in [0.717, 1.165) is 21.8 Å². The zero-order chi connectivity index (χ0) is 12.9. The fourth-order valence-corrected chi connectivity index (χ4v) is 3.41. The first-order valence-corrected chi connectivity index (χ1v) is 8.06. The highest BCUT2D eigenvalue weighted by atomic mass is 79.9. The van der Waals surface area contributed by atoms with E-state index in [-0.39, 0.29) is 5.54 Å². The Labute approximate surface area is 122 Å². The fourth-order valence-electron chi connectivity index (χ4n) is 1.58. The molecule has 98 valence electrons. The second kappa shape index (κ2) is 7.13. The zero-order valence-corrected chi connectivity index (χ0v) is 13.9. The van der Waals surface area contributed by atoms with Crippen LogP contribution in [-0.4, -0.2) is 12.1 Å². The number of hydrogen-bond donors (Lipinski definition) is 1. The van der Waals surface area contributed by atoms with Crippen LogP contribution in [0.3, 0.4) is 0 Å². The smallest absolute Gasteiger partial charge is 0.107 e. The Morgan fingerprint density at radius 2 is 2.00 bits per heavy atom. The molecule has 1 aromatic rings. The lowest BCUT2D eigenvalue weighted by molar-refractivity contribution is 0.417. The predicted molar refractivity (Wildman–Crippen MR) is 82.3 cm³/mol. The second-order valence-electron chi connectivity index (χ2n) is 5.32. The lowest BCUT2D eigenvalue weighted by Gasteiger charge is -2.20. The average Bonchev–Trinajstić information content (AvgIpc) is 2.50. The van der Waals surface area contributed by atoms with Crippen LogP contribution in [0.2, 0.25) is 4.34 Å². The van der Waals surface area contributed by atoms with Gasteiger partial charge in [0.1, 0.15) is 4.34 Å². The SMILES string of the molecule is CC(C)(C)NCCCCCc1cc(Br)c(Cl)s1. The molecule has 0 atom stereocenters. The number of thiophene rings is 1. The maximum atomic E-state index is 6.00. The molecule has 0 aromatic carbocycles. The fraction of sp³-hybridized carbons (Fsp3) is 0.692. The van der Waals surface area contributed by atoms with Crippen molar-refractivity contribution in [1.29, 1.82) is 0 Å². The van der Waals surface area contributed by atoms with Crippen molar-refractivity contribution in [2.45, 2.75) is 52.0 Å². The van der Waals surface area contributed by atoms with Gasteiger partial charge in [-0.1, -0.05) is 18.0 Å². The Bertz CT molecular complexity index is 324. The lowest BCUT2D eigenvalue weighted by Crippen LogP contribution is -2.36. The highest BCUT2D eigenvalue weighted by Gasteiger charge is 2.07. The Morgan fingerprint density at radius 3 is 2.53 bits per heavy atom. The van der Waals surface area contributed by atoms with Crippen molar-refractivity contribution in [3.63, 3.8) is 0 Å². The molecule has 0 bridgehead atoms. The highest BCUT2D eigenvalue weighted by molar-refractivity contribution is 9.10. The minimum atomic E-state index is 0.242. The molecule has 0 amide bonds. The molecule has 17 heavy (non-hydrogen) atoms.